The number of rotatable bonds is 4. The summed E-state index contributed by atoms with van der Waals surface area (Å²) in [6.07, 6.45) is 5.07. The number of hydrogen-bond acceptors (Lipinski definition) is 7. The zero-order valence-electron chi connectivity index (χ0n) is 28.4. The molecule has 4 fully saturated rings. The highest BCUT2D eigenvalue weighted by Gasteiger charge is 2.46. The van der Waals surface area contributed by atoms with Crippen LogP contribution < -0.4 is 9.80 Å². The molecule has 2 aromatic rings. The second-order valence-electron chi connectivity index (χ2n) is 14.8. The Bertz CT molecular complexity index is 1480. The summed E-state index contributed by atoms with van der Waals surface area (Å²) >= 11 is 6.36. The summed E-state index contributed by atoms with van der Waals surface area (Å²) in [5.41, 5.74) is 3.35. The molecule has 47 heavy (non-hydrogen) atoms. The van der Waals surface area contributed by atoms with Gasteiger partial charge in [-0.05, 0) is 108 Å². The lowest BCUT2D eigenvalue weighted by Crippen LogP contribution is -2.55. The van der Waals surface area contributed by atoms with E-state index in [1.807, 2.05) is 60.9 Å². The van der Waals surface area contributed by atoms with Gasteiger partial charge in [0.25, 0.3) is 5.91 Å². The number of piperazine rings is 1. The lowest BCUT2D eigenvalue weighted by Gasteiger charge is -2.44. The Morgan fingerprint density at radius 2 is 1.47 bits per heavy atom. The van der Waals surface area contributed by atoms with Crippen molar-refractivity contribution >= 4 is 35.0 Å². The number of halogens is 1. The zero-order valence-corrected chi connectivity index (χ0v) is 29.1. The van der Waals surface area contributed by atoms with Gasteiger partial charge in [-0.15, -0.1) is 0 Å². The molecule has 1 spiro atoms. The molecule has 0 bridgehead atoms. The Labute approximate surface area is 285 Å². The van der Waals surface area contributed by atoms with Gasteiger partial charge in [0.15, 0.2) is 0 Å². The van der Waals surface area contributed by atoms with Crippen LogP contribution in [-0.4, -0.2) is 103 Å². The van der Waals surface area contributed by atoms with Crippen LogP contribution in [0.4, 0.5) is 16.2 Å². The summed E-state index contributed by atoms with van der Waals surface area (Å²) < 4.78 is 5.55. The van der Waals surface area contributed by atoms with Gasteiger partial charge in [0, 0.05) is 87.9 Å². The van der Waals surface area contributed by atoms with E-state index in [0.717, 1.165) is 89.2 Å². The van der Waals surface area contributed by atoms with Crippen LogP contribution in [0.1, 0.15) is 75.7 Å². The number of amides is 2. The van der Waals surface area contributed by atoms with E-state index in [9.17, 15) is 14.9 Å². The highest BCUT2D eigenvalue weighted by molar-refractivity contribution is 6.32. The maximum atomic E-state index is 13.4. The van der Waals surface area contributed by atoms with Crippen molar-refractivity contribution in [3.8, 4) is 6.07 Å². The molecule has 1 atom stereocenters. The van der Waals surface area contributed by atoms with Gasteiger partial charge < -0.3 is 24.3 Å². The molecule has 252 valence electrons. The van der Waals surface area contributed by atoms with Gasteiger partial charge in [-0.3, -0.25) is 9.69 Å². The molecule has 4 heterocycles. The number of ether oxygens (including phenoxy) is 1. The van der Waals surface area contributed by atoms with Gasteiger partial charge in [0.2, 0.25) is 0 Å². The maximum Gasteiger partial charge on any atom is 0.410 e. The first-order valence-corrected chi connectivity index (χ1v) is 17.7. The molecule has 9 nitrogen and oxygen atoms in total. The number of nitriles is 1. The van der Waals surface area contributed by atoms with E-state index in [1.165, 1.54) is 5.69 Å². The van der Waals surface area contributed by atoms with E-state index in [-0.39, 0.29) is 17.4 Å². The third kappa shape index (κ3) is 7.19. The number of piperidine rings is 2. The quantitative estimate of drug-likeness (QED) is 0.383. The van der Waals surface area contributed by atoms with E-state index < -0.39 is 5.60 Å². The fourth-order valence-corrected chi connectivity index (χ4v) is 8.32. The number of carbonyl (C=O) groups excluding carboxylic acids is 2. The Morgan fingerprint density at radius 3 is 2.06 bits per heavy atom. The first-order chi connectivity index (χ1) is 22.5. The van der Waals surface area contributed by atoms with Crippen molar-refractivity contribution in [2.24, 2.45) is 5.41 Å². The first-order valence-electron chi connectivity index (χ1n) is 17.3. The summed E-state index contributed by atoms with van der Waals surface area (Å²) in [4.78, 5) is 37.1. The topological polar surface area (TPSA) is 83.4 Å². The number of benzene rings is 2. The fourth-order valence-electron chi connectivity index (χ4n) is 8.11. The minimum absolute atomic E-state index is 0.108. The Hall–Kier alpha value is -3.48. The lowest BCUT2D eigenvalue weighted by molar-refractivity contribution is 0.00984. The van der Waals surface area contributed by atoms with Gasteiger partial charge in [0.1, 0.15) is 11.7 Å². The molecule has 0 radical (unpaired) electrons. The Kier molecular flexibility index (Phi) is 9.64. The van der Waals surface area contributed by atoms with E-state index in [0.29, 0.717) is 35.8 Å². The summed E-state index contributed by atoms with van der Waals surface area (Å²) in [6, 6.07) is 17.0. The molecule has 0 aliphatic carbocycles. The largest absolute Gasteiger partial charge is 0.444 e. The molecule has 10 heteroatoms. The summed E-state index contributed by atoms with van der Waals surface area (Å²) in [6.45, 7) is 15.7. The third-order valence-corrected chi connectivity index (χ3v) is 11.4. The van der Waals surface area contributed by atoms with Gasteiger partial charge >= 0.3 is 6.09 Å². The number of nitrogens with zero attached hydrogens (tertiary/aromatic N) is 6. The molecule has 0 aromatic heterocycles. The van der Waals surface area contributed by atoms with E-state index >= 15 is 0 Å². The minimum Gasteiger partial charge on any atom is -0.444 e. The summed E-state index contributed by atoms with van der Waals surface area (Å²) in [7, 11) is 0. The van der Waals surface area contributed by atoms with Crippen LogP contribution in [0.15, 0.2) is 42.5 Å². The smallest absolute Gasteiger partial charge is 0.410 e. The summed E-state index contributed by atoms with van der Waals surface area (Å²) in [5.74, 6) is 0.108. The minimum atomic E-state index is -0.475. The van der Waals surface area contributed by atoms with Crippen LogP contribution in [0.3, 0.4) is 0 Å². The van der Waals surface area contributed by atoms with Crippen LogP contribution in [0.25, 0.3) is 0 Å². The molecular formula is C37H49ClN6O3. The molecule has 0 saturated carbocycles. The Balaban J connectivity index is 0.965. The van der Waals surface area contributed by atoms with Gasteiger partial charge in [-0.2, -0.15) is 5.26 Å². The maximum absolute atomic E-state index is 13.4. The van der Waals surface area contributed by atoms with Crippen molar-refractivity contribution in [3.05, 3.63) is 58.6 Å². The van der Waals surface area contributed by atoms with Gasteiger partial charge in [0.05, 0.1) is 10.6 Å². The second-order valence-corrected chi connectivity index (χ2v) is 15.2. The van der Waals surface area contributed by atoms with E-state index in [2.05, 4.69) is 39.8 Å². The van der Waals surface area contributed by atoms with Crippen LogP contribution in [-0.2, 0) is 4.74 Å². The molecule has 2 amide bonds. The van der Waals surface area contributed by atoms with Crippen molar-refractivity contribution < 1.29 is 14.3 Å². The van der Waals surface area contributed by atoms with Crippen molar-refractivity contribution in [1.29, 1.82) is 5.26 Å². The predicted molar refractivity (Wildman–Crippen MR) is 186 cm³/mol. The second kappa shape index (κ2) is 13.6. The zero-order chi connectivity index (χ0) is 33.3. The number of anilines is 2. The van der Waals surface area contributed by atoms with E-state index in [4.69, 9.17) is 16.3 Å². The average Bonchev–Trinajstić information content (AvgIpc) is 3.38. The molecule has 0 N–H and O–H groups in total. The molecule has 4 aliphatic heterocycles. The number of hydrogen-bond donors (Lipinski definition) is 0. The molecule has 2 aromatic carbocycles. The van der Waals surface area contributed by atoms with Gasteiger partial charge in [-0.25, -0.2) is 4.79 Å². The molecule has 1 unspecified atom stereocenters. The number of likely N-dealkylation sites (tertiary alicyclic amines) is 1. The van der Waals surface area contributed by atoms with Crippen molar-refractivity contribution in [2.45, 2.75) is 77.5 Å². The van der Waals surface area contributed by atoms with Crippen molar-refractivity contribution in [1.82, 2.24) is 14.7 Å². The monoisotopic (exact) mass is 660 g/mol. The van der Waals surface area contributed by atoms with Crippen molar-refractivity contribution in [3.63, 3.8) is 0 Å². The molecule has 4 aliphatic rings. The standard InChI is InChI=1S/C37H49ClN6O3/c1-27-37(15-20-44(27)32-10-7-29(26-39)33(38)25-32)13-18-40(19-14-37)30-8-5-28(6-9-30)34(45)42-23-21-41(22-24-42)31-11-16-43(17-12-31)35(46)47-36(2,3)4/h5-10,25,27,31H,11-24H2,1-4H3. The van der Waals surface area contributed by atoms with E-state index in [1.54, 1.807) is 0 Å². The van der Waals surface area contributed by atoms with Crippen LogP contribution in [0, 0.1) is 16.7 Å². The Morgan fingerprint density at radius 1 is 0.851 bits per heavy atom. The molecule has 4 saturated heterocycles. The average molecular weight is 661 g/mol. The third-order valence-electron chi connectivity index (χ3n) is 11.1. The van der Waals surface area contributed by atoms with Crippen LogP contribution in [0.2, 0.25) is 5.02 Å². The highest BCUT2D eigenvalue weighted by Crippen LogP contribution is 2.47. The molecule has 6 rings (SSSR count). The SMILES string of the molecule is CC1N(c2ccc(C#N)c(Cl)c2)CCC12CCN(c1ccc(C(=O)N3CCN(C4CCN(C(=O)OC(C)(C)C)CC4)CC3)cc1)CC2. The lowest BCUT2D eigenvalue weighted by atomic mass is 9.73. The summed E-state index contributed by atoms with van der Waals surface area (Å²) in [5, 5.41) is 9.77. The van der Waals surface area contributed by atoms with Crippen LogP contribution in [0.5, 0.6) is 0 Å². The highest BCUT2D eigenvalue weighted by atomic mass is 35.5. The number of carbonyl (C=O) groups is 2. The first kappa shape index (κ1) is 33.4. The van der Waals surface area contributed by atoms with Crippen LogP contribution >= 0.6 is 11.6 Å². The molecular weight excluding hydrogens is 612 g/mol. The van der Waals surface area contributed by atoms with Gasteiger partial charge in [-0.1, -0.05) is 11.6 Å². The van der Waals surface area contributed by atoms with Crippen molar-refractivity contribution in [2.75, 3.05) is 68.7 Å². The fraction of sp³-hybridized carbons (Fsp3) is 0.595. The predicted octanol–water partition coefficient (Wildman–Crippen LogP) is 6.25. The normalized spacial score (nSPS) is 22.4.